The van der Waals surface area contributed by atoms with Crippen LogP contribution in [0.2, 0.25) is 0 Å². The van der Waals surface area contributed by atoms with Gasteiger partial charge < -0.3 is 14.2 Å². The van der Waals surface area contributed by atoms with Gasteiger partial charge in [0.15, 0.2) is 0 Å². The van der Waals surface area contributed by atoms with Crippen LogP contribution in [0.15, 0.2) is 0 Å². The molecule has 0 aliphatic carbocycles. The lowest BCUT2D eigenvalue weighted by Gasteiger charge is -2.28. The fourth-order valence-electron chi connectivity index (χ4n) is 1.46. The molecule has 0 heterocycles. The molecule has 0 aliphatic rings. The van der Waals surface area contributed by atoms with Gasteiger partial charge in [-0.2, -0.15) is 0 Å². The summed E-state index contributed by atoms with van der Waals surface area (Å²) in [5.74, 6) is -0.190. The van der Waals surface area contributed by atoms with E-state index in [-0.39, 0.29) is 18.0 Å². The van der Waals surface area contributed by atoms with Crippen molar-refractivity contribution in [2.75, 3.05) is 20.3 Å². The molecule has 0 aromatic rings. The fourth-order valence-corrected chi connectivity index (χ4v) is 1.46. The van der Waals surface area contributed by atoms with Crippen LogP contribution in [0.3, 0.4) is 0 Å². The Kier molecular flexibility index (Phi) is 8.26. The zero-order valence-corrected chi connectivity index (χ0v) is 13.4. The monoisotopic (exact) mass is 274 g/mol. The van der Waals surface area contributed by atoms with Crippen LogP contribution in [0, 0.1) is 0 Å². The molecule has 0 unspecified atom stereocenters. The summed E-state index contributed by atoms with van der Waals surface area (Å²) in [5.41, 5.74) is -0.690. The summed E-state index contributed by atoms with van der Waals surface area (Å²) in [6.45, 7) is 11.0. The van der Waals surface area contributed by atoms with Gasteiger partial charge in [-0.15, -0.1) is 0 Å². The molecule has 4 heteroatoms. The van der Waals surface area contributed by atoms with Crippen molar-refractivity contribution in [1.29, 1.82) is 0 Å². The Bertz CT molecular complexity index is 259. The third kappa shape index (κ3) is 9.91. The molecule has 0 atom stereocenters. The van der Waals surface area contributed by atoms with Gasteiger partial charge >= 0.3 is 5.97 Å². The maximum atomic E-state index is 11.6. The van der Waals surface area contributed by atoms with Gasteiger partial charge in [-0.25, -0.2) is 0 Å². The summed E-state index contributed by atoms with van der Waals surface area (Å²) in [6.07, 6.45) is 3.01. The third-order valence-electron chi connectivity index (χ3n) is 3.08. The van der Waals surface area contributed by atoms with Crippen LogP contribution in [0.5, 0.6) is 0 Å². The summed E-state index contributed by atoms with van der Waals surface area (Å²) in [5, 5.41) is 0. The Morgan fingerprint density at radius 3 is 2.21 bits per heavy atom. The molecule has 0 rings (SSSR count). The van der Waals surface area contributed by atoms with Crippen molar-refractivity contribution >= 4 is 5.97 Å². The quantitative estimate of drug-likeness (QED) is 0.453. The molecule has 114 valence electrons. The van der Waals surface area contributed by atoms with Gasteiger partial charge in [0.1, 0.15) is 0 Å². The normalized spacial score (nSPS) is 12.5. The molecule has 0 fully saturated rings. The van der Waals surface area contributed by atoms with Gasteiger partial charge in [0.25, 0.3) is 0 Å². The number of carbonyl (C=O) groups is 1. The number of rotatable bonds is 10. The minimum absolute atomic E-state index is 0.190. The molecule has 0 bridgehead atoms. The smallest absolute Gasteiger partial charge is 0.308 e. The van der Waals surface area contributed by atoms with Crippen LogP contribution in [-0.4, -0.2) is 37.5 Å². The number of carbonyl (C=O) groups excluding carboxylic acids is 1. The second kappa shape index (κ2) is 8.54. The molecule has 0 amide bonds. The number of methoxy groups -OCH3 is 1. The molecule has 19 heavy (non-hydrogen) atoms. The Balaban J connectivity index is 3.94. The standard InChI is InChI=1S/C15H30O4/c1-7-8-10-18-13(16)12-15(4,5)19-11-9-14(2,3)17-6/h7-12H2,1-6H3. The van der Waals surface area contributed by atoms with Gasteiger partial charge in [-0.05, 0) is 40.5 Å². The van der Waals surface area contributed by atoms with E-state index < -0.39 is 5.60 Å². The summed E-state index contributed by atoms with van der Waals surface area (Å²) < 4.78 is 16.2. The Hall–Kier alpha value is -0.610. The van der Waals surface area contributed by atoms with E-state index >= 15 is 0 Å². The van der Waals surface area contributed by atoms with Crippen molar-refractivity contribution in [3.63, 3.8) is 0 Å². The Labute approximate surface area is 117 Å². The van der Waals surface area contributed by atoms with Gasteiger partial charge in [0.2, 0.25) is 0 Å². The number of ether oxygens (including phenoxy) is 3. The van der Waals surface area contributed by atoms with E-state index in [0.29, 0.717) is 13.2 Å². The van der Waals surface area contributed by atoms with Crippen LogP contribution in [0.25, 0.3) is 0 Å². The van der Waals surface area contributed by atoms with E-state index in [0.717, 1.165) is 19.3 Å². The van der Waals surface area contributed by atoms with Crippen molar-refractivity contribution in [3.05, 3.63) is 0 Å². The molecular weight excluding hydrogens is 244 g/mol. The zero-order valence-electron chi connectivity index (χ0n) is 13.4. The van der Waals surface area contributed by atoms with Crippen LogP contribution >= 0.6 is 0 Å². The molecule has 0 spiro atoms. The number of unbranched alkanes of at least 4 members (excludes halogenated alkanes) is 1. The maximum absolute atomic E-state index is 11.6. The number of hydrogen-bond donors (Lipinski definition) is 0. The van der Waals surface area contributed by atoms with Crippen molar-refractivity contribution in [2.45, 2.75) is 71.5 Å². The van der Waals surface area contributed by atoms with E-state index in [1.54, 1.807) is 7.11 Å². The highest BCUT2D eigenvalue weighted by molar-refractivity contribution is 5.70. The molecule has 0 aromatic heterocycles. The molecule has 4 nitrogen and oxygen atoms in total. The predicted molar refractivity (Wildman–Crippen MR) is 76.2 cm³/mol. The molecule has 0 aromatic carbocycles. The van der Waals surface area contributed by atoms with Gasteiger partial charge in [0.05, 0.1) is 30.8 Å². The molecule has 0 N–H and O–H groups in total. The highest BCUT2D eigenvalue weighted by atomic mass is 16.5. The highest BCUT2D eigenvalue weighted by Gasteiger charge is 2.25. The zero-order chi connectivity index (χ0) is 14.9. The second-order valence-corrected chi connectivity index (χ2v) is 6.07. The summed E-state index contributed by atoms with van der Waals surface area (Å²) in [4.78, 5) is 11.6. The minimum Gasteiger partial charge on any atom is -0.466 e. The van der Waals surface area contributed by atoms with E-state index in [1.165, 1.54) is 0 Å². The molecule has 0 radical (unpaired) electrons. The van der Waals surface area contributed by atoms with E-state index in [1.807, 2.05) is 27.7 Å². The minimum atomic E-state index is -0.493. The third-order valence-corrected chi connectivity index (χ3v) is 3.08. The van der Waals surface area contributed by atoms with Gasteiger partial charge in [-0.3, -0.25) is 4.79 Å². The first-order valence-electron chi connectivity index (χ1n) is 7.07. The lowest BCUT2D eigenvalue weighted by molar-refractivity contribution is -0.151. The van der Waals surface area contributed by atoms with Crippen LogP contribution < -0.4 is 0 Å². The topological polar surface area (TPSA) is 44.8 Å². The second-order valence-electron chi connectivity index (χ2n) is 6.07. The molecule has 0 saturated carbocycles. The van der Waals surface area contributed by atoms with E-state index in [2.05, 4.69) is 6.92 Å². The lowest BCUT2D eigenvalue weighted by atomic mass is 10.0. The van der Waals surface area contributed by atoms with Crippen LogP contribution in [0.1, 0.15) is 60.3 Å². The highest BCUT2D eigenvalue weighted by Crippen LogP contribution is 2.19. The Morgan fingerprint density at radius 1 is 1.05 bits per heavy atom. The number of hydrogen-bond acceptors (Lipinski definition) is 4. The first kappa shape index (κ1) is 18.4. The fraction of sp³-hybridized carbons (Fsp3) is 0.933. The number of esters is 1. The molecule has 0 aliphatic heterocycles. The first-order valence-corrected chi connectivity index (χ1v) is 7.07. The van der Waals surface area contributed by atoms with Crippen LogP contribution in [-0.2, 0) is 19.0 Å². The van der Waals surface area contributed by atoms with Crippen molar-refractivity contribution in [1.82, 2.24) is 0 Å². The van der Waals surface area contributed by atoms with Gasteiger partial charge in [-0.1, -0.05) is 13.3 Å². The largest absolute Gasteiger partial charge is 0.466 e. The Morgan fingerprint density at radius 2 is 1.68 bits per heavy atom. The van der Waals surface area contributed by atoms with E-state index in [9.17, 15) is 4.79 Å². The lowest BCUT2D eigenvalue weighted by Crippen LogP contribution is -2.32. The predicted octanol–water partition coefficient (Wildman–Crippen LogP) is 3.33. The van der Waals surface area contributed by atoms with Gasteiger partial charge in [0, 0.05) is 7.11 Å². The van der Waals surface area contributed by atoms with Crippen molar-refractivity contribution in [2.24, 2.45) is 0 Å². The van der Waals surface area contributed by atoms with Crippen LogP contribution in [0.4, 0.5) is 0 Å². The summed E-state index contributed by atoms with van der Waals surface area (Å²) in [6, 6.07) is 0. The van der Waals surface area contributed by atoms with E-state index in [4.69, 9.17) is 14.2 Å². The summed E-state index contributed by atoms with van der Waals surface area (Å²) in [7, 11) is 1.69. The molecular formula is C15H30O4. The SMILES string of the molecule is CCCCOC(=O)CC(C)(C)OCCC(C)(C)OC. The summed E-state index contributed by atoms with van der Waals surface area (Å²) >= 11 is 0. The molecule has 0 saturated heterocycles. The van der Waals surface area contributed by atoms with Crippen molar-refractivity contribution in [3.8, 4) is 0 Å². The average Bonchev–Trinajstić information content (AvgIpc) is 2.28. The first-order chi connectivity index (χ1) is 8.72. The maximum Gasteiger partial charge on any atom is 0.308 e. The van der Waals surface area contributed by atoms with Crippen molar-refractivity contribution < 1.29 is 19.0 Å². The average molecular weight is 274 g/mol.